The van der Waals surface area contributed by atoms with Crippen LogP contribution in [0.25, 0.3) is 5.57 Å². The molecule has 0 bridgehead atoms. The summed E-state index contributed by atoms with van der Waals surface area (Å²) in [4.78, 5) is 12.2. The molecule has 18 heavy (non-hydrogen) atoms. The van der Waals surface area contributed by atoms with Gasteiger partial charge in [0.25, 0.3) is 0 Å². The molecule has 90 valence electrons. The van der Waals surface area contributed by atoms with Crippen molar-refractivity contribution in [1.82, 2.24) is 0 Å². The lowest BCUT2D eigenvalue weighted by Crippen LogP contribution is -2.03. The average molecular weight is 239 g/mol. The number of allylic oxidation sites excluding steroid dienone is 1. The van der Waals surface area contributed by atoms with Gasteiger partial charge in [0.1, 0.15) is 5.75 Å². The summed E-state index contributed by atoms with van der Waals surface area (Å²) in [6.45, 7) is 3.79. The number of anilines is 1. The number of ketones is 1. The number of phenols is 1. The summed E-state index contributed by atoms with van der Waals surface area (Å²) >= 11 is 0. The molecule has 0 aliphatic carbocycles. The molecule has 0 aliphatic rings. The van der Waals surface area contributed by atoms with Crippen molar-refractivity contribution in [1.29, 1.82) is 0 Å². The highest BCUT2D eigenvalue weighted by Gasteiger charge is 2.13. The van der Waals surface area contributed by atoms with Crippen molar-refractivity contribution in [2.24, 2.45) is 0 Å². The van der Waals surface area contributed by atoms with Crippen molar-refractivity contribution in [3.05, 3.63) is 66.2 Å². The number of carbonyl (C=O) groups is 1. The quantitative estimate of drug-likeness (QED) is 0.492. The van der Waals surface area contributed by atoms with Gasteiger partial charge in [0.05, 0.1) is 0 Å². The molecule has 0 aromatic heterocycles. The first-order valence-corrected chi connectivity index (χ1v) is 5.47. The number of benzene rings is 2. The molecule has 3 nitrogen and oxygen atoms in total. The van der Waals surface area contributed by atoms with Gasteiger partial charge in [-0.1, -0.05) is 24.8 Å². The minimum Gasteiger partial charge on any atom is -0.508 e. The number of Topliss-reactive ketones (excluding diaryl/α,β-unsaturated/α-hetero) is 1. The lowest BCUT2D eigenvalue weighted by atomic mass is 9.97. The van der Waals surface area contributed by atoms with Crippen molar-refractivity contribution in [3.8, 4) is 5.75 Å². The average Bonchev–Trinajstić information content (AvgIpc) is 2.38. The molecule has 0 spiro atoms. The Balaban J connectivity index is 2.33. The van der Waals surface area contributed by atoms with Gasteiger partial charge in [-0.25, -0.2) is 0 Å². The van der Waals surface area contributed by atoms with Gasteiger partial charge in [-0.05, 0) is 30.3 Å². The number of nitrogen functional groups attached to an aromatic ring is 1. The van der Waals surface area contributed by atoms with E-state index >= 15 is 0 Å². The van der Waals surface area contributed by atoms with Gasteiger partial charge in [0.2, 0.25) is 0 Å². The predicted octanol–water partition coefficient (Wildman–Crippen LogP) is 2.87. The van der Waals surface area contributed by atoms with E-state index in [1.54, 1.807) is 36.4 Å². The van der Waals surface area contributed by atoms with Crippen LogP contribution in [-0.4, -0.2) is 10.9 Å². The lowest BCUT2D eigenvalue weighted by Gasteiger charge is -2.08. The Hall–Kier alpha value is -2.55. The fourth-order valence-electron chi connectivity index (χ4n) is 1.68. The van der Waals surface area contributed by atoms with Crippen molar-refractivity contribution < 1.29 is 9.90 Å². The first-order chi connectivity index (χ1) is 8.59. The third kappa shape index (κ3) is 2.25. The first kappa shape index (κ1) is 11.9. The van der Waals surface area contributed by atoms with Crippen molar-refractivity contribution in [2.75, 3.05) is 5.73 Å². The summed E-state index contributed by atoms with van der Waals surface area (Å²) < 4.78 is 0. The van der Waals surface area contributed by atoms with E-state index in [0.29, 0.717) is 22.4 Å². The van der Waals surface area contributed by atoms with Crippen molar-refractivity contribution in [3.63, 3.8) is 0 Å². The van der Waals surface area contributed by atoms with Gasteiger partial charge < -0.3 is 10.8 Å². The largest absolute Gasteiger partial charge is 0.508 e. The molecule has 2 aromatic carbocycles. The normalized spacial score (nSPS) is 10.0. The zero-order valence-corrected chi connectivity index (χ0v) is 9.76. The third-order valence-electron chi connectivity index (χ3n) is 2.69. The Labute approximate surface area is 105 Å². The summed E-state index contributed by atoms with van der Waals surface area (Å²) in [5.41, 5.74) is 7.79. The van der Waals surface area contributed by atoms with Crippen LogP contribution in [0.1, 0.15) is 15.9 Å². The molecule has 0 aliphatic heterocycles. The van der Waals surface area contributed by atoms with Gasteiger partial charge in [0.15, 0.2) is 5.78 Å². The Kier molecular flexibility index (Phi) is 3.15. The minimum absolute atomic E-state index is 0.122. The maximum absolute atomic E-state index is 12.2. The molecule has 0 fully saturated rings. The molecule has 0 atom stereocenters. The summed E-state index contributed by atoms with van der Waals surface area (Å²) in [6, 6.07) is 13.1. The van der Waals surface area contributed by atoms with Crippen LogP contribution in [0.15, 0.2) is 55.1 Å². The summed E-state index contributed by atoms with van der Waals surface area (Å²) in [5, 5.41) is 9.18. The Morgan fingerprint density at radius 3 is 2.28 bits per heavy atom. The highest BCUT2D eigenvalue weighted by molar-refractivity contribution is 6.29. The van der Waals surface area contributed by atoms with E-state index in [1.807, 2.05) is 0 Å². The lowest BCUT2D eigenvalue weighted by molar-refractivity contribution is 0.105. The molecule has 0 radical (unpaired) electrons. The Bertz CT molecular complexity index is 600. The van der Waals surface area contributed by atoms with E-state index in [0.717, 1.165) is 0 Å². The second-order valence-corrected chi connectivity index (χ2v) is 3.94. The maximum atomic E-state index is 12.2. The second-order valence-electron chi connectivity index (χ2n) is 3.94. The van der Waals surface area contributed by atoms with E-state index in [1.165, 1.54) is 12.1 Å². The Morgan fingerprint density at radius 1 is 1.06 bits per heavy atom. The van der Waals surface area contributed by atoms with Gasteiger partial charge in [0, 0.05) is 22.4 Å². The number of rotatable bonds is 3. The number of nitrogens with two attached hydrogens (primary N) is 1. The van der Waals surface area contributed by atoms with E-state index in [9.17, 15) is 9.90 Å². The minimum atomic E-state index is -0.201. The molecule has 0 saturated carbocycles. The molecule has 0 unspecified atom stereocenters. The molecule has 3 heteroatoms. The fourth-order valence-corrected chi connectivity index (χ4v) is 1.68. The van der Waals surface area contributed by atoms with Gasteiger partial charge >= 0.3 is 0 Å². The van der Waals surface area contributed by atoms with Crippen LogP contribution in [0.4, 0.5) is 5.69 Å². The van der Waals surface area contributed by atoms with Gasteiger partial charge in [-0.15, -0.1) is 0 Å². The van der Waals surface area contributed by atoms with Gasteiger partial charge in [-0.3, -0.25) is 4.79 Å². The molecule has 0 heterocycles. The van der Waals surface area contributed by atoms with E-state index in [2.05, 4.69) is 6.58 Å². The van der Waals surface area contributed by atoms with Crippen molar-refractivity contribution in [2.45, 2.75) is 0 Å². The summed E-state index contributed by atoms with van der Waals surface area (Å²) in [6.07, 6.45) is 0. The highest BCUT2D eigenvalue weighted by Crippen LogP contribution is 2.23. The van der Waals surface area contributed by atoms with E-state index in [4.69, 9.17) is 5.73 Å². The van der Waals surface area contributed by atoms with Crippen LogP contribution in [-0.2, 0) is 0 Å². The van der Waals surface area contributed by atoms with Crippen LogP contribution in [0.2, 0.25) is 0 Å². The number of phenolic OH excluding ortho intramolecular Hbond substituents is 1. The standard InChI is InChI=1S/C15H13NO2/c1-10(13-4-2-3-5-14(13)16)15(18)11-6-8-12(17)9-7-11/h2-9,17H,1,16H2. The monoisotopic (exact) mass is 239 g/mol. The van der Waals surface area contributed by atoms with Gasteiger partial charge in [-0.2, -0.15) is 0 Å². The number of aromatic hydroxyl groups is 1. The third-order valence-corrected chi connectivity index (χ3v) is 2.69. The number of hydrogen-bond acceptors (Lipinski definition) is 3. The molecule has 3 N–H and O–H groups in total. The molecular weight excluding hydrogens is 226 g/mol. The molecule has 0 saturated heterocycles. The van der Waals surface area contributed by atoms with Crippen LogP contribution in [0, 0.1) is 0 Å². The fraction of sp³-hybridized carbons (Fsp3) is 0. The second kappa shape index (κ2) is 4.75. The van der Waals surface area contributed by atoms with Crippen LogP contribution >= 0.6 is 0 Å². The van der Waals surface area contributed by atoms with E-state index in [-0.39, 0.29) is 11.5 Å². The van der Waals surface area contributed by atoms with Crippen LogP contribution in [0.3, 0.4) is 0 Å². The topological polar surface area (TPSA) is 63.3 Å². The van der Waals surface area contributed by atoms with E-state index < -0.39 is 0 Å². The molecule has 2 aromatic rings. The number of para-hydroxylation sites is 1. The maximum Gasteiger partial charge on any atom is 0.193 e. The van der Waals surface area contributed by atoms with Crippen molar-refractivity contribution >= 4 is 17.0 Å². The SMILES string of the molecule is C=C(C(=O)c1ccc(O)cc1)c1ccccc1N. The number of carbonyl (C=O) groups excluding carboxylic acids is 1. The molecule has 0 amide bonds. The zero-order valence-electron chi connectivity index (χ0n) is 9.76. The summed E-state index contributed by atoms with van der Waals surface area (Å²) in [7, 11) is 0. The highest BCUT2D eigenvalue weighted by atomic mass is 16.3. The first-order valence-electron chi connectivity index (χ1n) is 5.47. The summed E-state index contributed by atoms with van der Waals surface area (Å²) in [5.74, 6) is -0.0794. The zero-order chi connectivity index (χ0) is 13.1. The van der Waals surface area contributed by atoms with Crippen LogP contribution < -0.4 is 5.73 Å². The van der Waals surface area contributed by atoms with Crippen LogP contribution in [0.5, 0.6) is 5.75 Å². The number of hydrogen-bond donors (Lipinski definition) is 2. The smallest absolute Gasteiger partial charge is 0.193 e. The Morgan fingerprint density at radius 2 is 1.67 bits per heavy atom. The molecular formula is C15H13NO2. The molecule has 2 rings (SSSR count). The predicted molar refractivity (Wildman–Crippen MR) is 72.3 cm³/mol.